The number of aliphatic carboxylic acids is 1. The van der Waals surface area contributed by atoms with Crippen LogP contribution in [0.2, 0.25) is 0 Å². The second kappa shape index (κ2) is 5.43. The standard InChI is InChI=1S/C13H13N3O4/c14-11(17)6-10(13(19)20)16-12(18)8-2-1-3-9-7(8)4-5-15-9/h1-5,10,15H,6H2,(H2,14,17)(H,16,18)(H,19,20)/t10-/m0/s1. The number of carbonyl (C=O) groups excluding carboxylic acids is 2. The Morgan fingerprint density at radius 3 is 2.70 bits per heavy atom. The number of fused-ring (bicyclic) bond motifs is 1. The predicted molar refractivity (Wildman–Crippen MR) is 71.0 cm³/mol. The van der Waals surface area contributed by atoms with E-state index in [0.717, 1.165) is 5.52 Å². The number of carboxylic acids is 1. The van der Waals surface area contributed by atoms with Crippen molar-refractivity contribution >= 4 is 28.7 Å². The number of H-pyrrole nitrogens is 1. The third kappa shape index (κ3) is 2.77. The van der Waals surface area contributed by atoms with Crippen LogP contribution in [0.15, 0.2) is 30.5 Å². The van der Waals surface area contributed by atoms with E-state index >= 15 is 0 Å². The van der Waals surface area contributed by atoms with E-state index in [2.05, 4.69) is 10.3 Å². The molecule has 0 saturated heterocycles. The second-order valence-corrected chi connectivity index (χ2v) is 4.28. The summed E-state index contributed by atoms with van der Waals surface area (Å²) in [7, 11) is 0. The number of carbonyl (C=O) groups is 3. The van der Waals surface area contributed by atoms with Crippen LogP contribution in [0.25, 0.3) is 10.9 Å². The highest BCUT2D eigenvalue weighted by molar-refractivity contribution is 6.07. The number of nitrogens with one attached hydrogen (secondary N) is 2. The first-order valence-corrected chi connectivity index (χ1v) is 5.87. The molecule has 0 unspecified atom stereocenters. The Morgan fingerprint density at radius 1 is 1.30 bits per heavy atom. The van der Waals surface area contributed by atoms with Crippen molar-refractivity contribution in [3.63, 3.8) is 0 Å². The van der Waals surface area contributed by atoms with Gasteiger partial charge in [0.05, 0.1) is 6.42 Å². The van der Waals surface area contributed by atoms with Gasteiger partial charge in [0.15, 0.2) is 0 Å². The lowest BCUT2D eigenvalue weighted by atomic mass is 10.1. The van der Waals surface area contributed by atoms with E-state index in [0.29, 0.717) is 10.9 Å². The highest BCUT2D eigenvalue weighted by Crippen LogP contribution is 2.17. The van der Waals surface area contributed by atoms with Crippen molar-refractivity contribution in [2.45, 2.75) is 12.5 Å². The van der Waals surface area contributed by atoms with Gasteiger partial charge in [-0.3, -0.25) is 9.59 Å². The van der Waals surface area contributed by atoms with Crippen LogP contribution in [0.1, 0.15) is 16.8 Å². The summed E-state index contributed by atoms with van der Waals surface area (Å²) < 4.78 is 0. The zero-order valence-electron chi connectivity index (χ0n) is 10.4. The number of hydrogen-bond donors (Lipinski definition) is 4. The summed E-state index contributed by atoms with van der Waals surface area (Å²) in [4.78, 5) is 36.9. The number of aromatic amines is 1. The molecule has 1 aromatic heterocycles. The topological polar surface area (TPSA) is 125 Å². The normalized spacial score (nSPS) is 12.0. The van der Waals surface area contributed by atoms with Crippen LogP contribution >= 0.6 is 0 Å². The van der Waals surface area contributed by atoms with Crippen molar-refractivity contribution in [2.24, 2.45) is 5.73 Å². The summed E-state index contributed by atoms with van der Waals surface area (Å²) in [6.07, 6.45) is 1.23. The van der Waals surface area contributed by atoms with Gasteiger partial charge in [-0.1, -0.05) is 6.07 Å². The fourth-order valence-corrected chi connectivity index (χ4v) is 1.92. The Labute approximate surface area is 113 Å². The molecule has 2 rings (SSSR count). The Bertz CT molecular complexity index is 677. The number of nitrogens with two attached hydrogens (primary N) is 1. The molecule has 2 aromatic rings. The number of benzene rings is 1. The number of amides is 2. The predicted octanol–water partition coefficient (Wildman–Crippen LogP) is 0.226. The van der Waals surface area contributed by atoms with E-state index in [1.807, 2.05) is 0 Å². The van der Waals surface area contributed by atoms with Crippen molar-refractivity contribution in [2.75, 3.05) is 0 Å². The van der Waals surface area contributed by atoms with E-state index in [4.69, 9.17) is 10.8 Å². The van der Waals surface area contributed by atoms with Gasteiger partial charge >= 0.3 is 5.97 Å². The number of primary amides is 1. The molecule has 5 N–H and O–H groups in total. The molecule has 7 heteroatoms. The minimum absolute atomic E-state index is 0.333. The minimum atomic E-state index is -1.34. The summed E-state index contributed by atoms with van der Waals surface area (Å²) in [5.74, 6) is -2.67. The molecule has 0 radical (unpaired) electrons. The molecule has 0 bridgehead atoms. The fraction of sp³-hybridized carbons (Fsp3) is 0.154. The average molecular weight is 275 g/mol. The summed E-state index contributed by atoms with van der Waals surface area (Å²) >= 11 is 0. The molecule has 0 saturated carbocycles. The van der Waals surface area contributed by atoms with E-state index in [-0.39, 0.29) is 0 Å². The lowest BCUT2D eigenvalue weighted by Crippen LogP contribution is -2.43. The Hall–Kier alpha value is -2.83. The van der Waals surface area contributed by atoms with Gasteiger partial charge in [0, 0.05) is 22.7 Å². The summed E-state index contributed by atoms with van der Waals surface area (Å²) in [5.41, 5.74) is 6.06. The molecule has 0 aliphatic rings. The molecule has 0 aliphatic carbocycles. The Kier molecular flexibility index (Phi) is 3.69. The van der Waals surface area contributed by atoms with Crippen LogP contribution in [0.3, 0.4) is 0 Å². The van der Waals surface area contributed by atoms with Crippen molar-refractivity contribution in [1.29, 1.82) is 0 Å². The molecular weight excluding hydrogens is 262 g/mol. The van der Waals surface area contributed by atoms with Crippen LogP contribution in [0.5, 0.6) is 0 Å². The van der Waals surface area contributed by atoms with Gasteiger partial charge in [0.1, 0.15) is 6.04 Å². The van der Waals surface area contributed by atoms with E-state index in [1.54, 1.807) is 30.5 Å². The SMILES string of the molecule is NC(=O)C[C@H](NC(=O)c1cccc2[nH]ccc12)C(=O)O. The molecule has 20 heavy (non-hydrogen) atoms. The molecule has 1 atom stereocenters. The van der Waals surface area contributed by atoms with Gasteiger partial charge in [0.25, 0.3) is 5.91 Å². The molecule has 0 aliphatic heterocycles. The monoisotopic (exact) mass is 275 g/mol. The number of aromatic nitrogens is 1. The molecule has 0 spiro atoms. The van der Waals surface area contributed by atoms with E-state index in [9.17, 15) is 14.4 Å². The zero-order chi connectivity index (χ0) is 14.7. The quantitative estimate of drug-likeness (QED) is 0.623. The Morgan fingerprint density at radius 2 is 2.05 bits per heavy atom. The second-order valence-electron chi connectivity index (χ2n) is 4.28. The highest BCUT2D eigenvalue weighted by atomic mass is 16.4. The van der Waals surface area contributed by atoms with Crippen LogP contribution in [-0.4, -0.2) is 33.9 Å². The van der Waals surface area contributed by atoms with Crippen LogP contribution in [0.4, 0.5) is 0 Å². The molecule has 1 heterocycles. The smallest absolute Gasteiger partial charge is 0.326 e. The maximum absolute atomic E-state index is 12.1. The lowest BCUT2D eigenvalue weighted by Gasteiger charge is -2.13. The summed E-state index contributed by atoms with van der Waals surface area (Å²) in [6, 6.07) is 5.43. The first-order valence-electron chi connectivity index (χ1n) is 5.87. The fourth-order valence-electron chi connectivity index (χ4n) is 1.92. The van der Waals surface area contributed by atoms with Crippen LogP contribution in [0, 0.1) is 0 Å². The molecule has 2 amide bonds. The number of hydrogen-bond acceptors (Lipinski definition) is 3. The van der Waals surface area contributed by atoms with Gasteiger partial charge < -0.3 is 21.1 Å². The van der Waals surface area contributed by atoms with Crippen molar-refractivity contribution in [3.8, 4) is 0 Å². The molecule has 7 nitrogen and oxygen atoms in total. The third-order valence-corrected chi connectivity index (χ3v) is 2.85. The van der Waals surface area contributed by atoms with Gasteiger partial charge in [-0.15, -0.1) is 0 Å². The zero-order valence-corrected chi connectivity index (χ0v) is 10.4. The maximum Gasteiger partial charge on any atom is 0.326 e. The summed E-state index contributed by atoms with van der Waals surface area (Å²) in [5, 5.41) is 11.9. The highest BCUT2D eigenvalue weighted by Gasteiger charge is 2.23. The molecule has 104 valence electrons. The van der Waals surface area contributed by atoms with E-state index < -0.39 is 30.2 Å². The van der Waals surface area contributed by atoms with Crippen molar-refractivity contribution in [3.05, 3.63) is 36.0 Å². The lowest BCUT2D eigenvalue weighted by molar-refractivity contribution is -0.140. The van der Waals surface area contributed by atoms with E-state index in [1.165, 1.54) is 0 Å². The van der Waals surface area contributed by atoms with Crippen molar-refractivity contribution < 1.29 is 19.5 Å². The van der Waals surface area contributed by atoms with Crippen LogP contribution < -0.4 is 11.1 Å². The van der Waals surface area contributed by atoms with Crippen LogP contribution in [-0.2, 0) is 9.59 Å². The minimum Gasteiger partial charge on any atom is -0.480 e. The van der Waals surface area contributed by atoms with Gasteiger partial charge in [0.2, 0.25) is 5.91 Å². The third-order valence-electron chi connectivity index (χ3n) is 2.85. The average Bonchev–Trinajstić information content (AvgIpc) is 2.84. The maximum atomic E-state index is 12.1. The first-order chi connectivity index (χ1) is 9.49. The van der Waals surface area contributed by atoms with Crippen molar-refractivity contribution in [1.82, 2.24) is 10.3 Å². The first kappa shape index (κ1) is 13.6. The van der Waals surface area contributed by atoms with Gasteiger partial charge in [-0.05, 0) is 18.2 Å². The largest absolute Gasteiger partial charge is 0.480 e. The molecule has 0 fully saturated rings. The summed E-state index contributed by atoms with van der Waals surface area (Å²) in [6.45, 7) is 0. The van der Waals surface area contributed by atoms with Gasteiger partial charge in [-0.25, -0.2) is 4.79 Å². The van der Waals surface area contributed by atoms with Gasteiger partial charge in [-0.2, -0.15) is 0 Å². The Balaban J connectivity index is 2.24. The number of rotatable bonds is 5. The molecular formula is C13H13N3O4. The molecule has 1 aromatic carbocycles. The number of carboxylic acid groups (broad SMARTS) is 1.